The van der Waals surface area contributed by atoms with Crippen LogP contribution in [0.5, 0.6) is 17.2 Å². The van der Waals surface area contributed by atoms with Crippen LogP contribution >= 0.6 is 0 Å². The molecular weight excluding hydrogens is 750 g/mol. The number of phenols is 2. The molecule has 0 saturated carbocycles. The maximum Gasteiger partial charge on any atom is 0.312 e. The molecule has 15 nitrogen and oxygen atoms in total. The molecular formula is C43H49N3O12. The Labute approximate surface area is 334 Å². The fourth-order valence-corrected chi connectivity index (χ4v) is 7.91. The zero-order valence-electron chi connectivity index (χ0n) is 34.0. The highest BCUT2D eigenvalue weighted by Gasteiger charge is 2.50. The first kappa shape index (κ1) is 41.9. The van der Waals surface area contributed by atoms with Crippen LogP contribution in [0.2, 0.25) is 0 Å². The molecule has 4 heterocycles. The minimum absolute atomic E-state index is 0.00153. The number of allylic oxidation sites excluding steroid dienone is 2. The van der Waals surface area contributed by atoms with Gasteiger partial charge in [-0.2, -0.15) is 0 Å². The minimum Gasteiger partial charge on any atom is -0.507 e. The van der Waals surface area contributed by atoms with Crippen molar-refractivity contribution in [2.24, 2.45) is 17.8 Å². The quantitative estimate of drug-likeness (QED) is 0.126. The summed E-state index contributed by atoms with van der Waals surface area (Å²) in [6.07, 6.45) is 5.00. The average molecular weight is 800 g/mol. The number of phenolic OH excluding ortho intramolecular Hbond substituents is 2. The third-order valence-electron chi connectivity index (χ3n) is 11.3. The van der Waals surface area contributed by atoms with Crippen molar-refractivity contribution < 1.29 is 58.6 Å². The molecule has 0 unspecified atom stereocenters. The number of carbonyl (C=O) groups is 4. The highest BCUT2D eigenvalue weighted by Crippen LogP contribution is 2.54. The van der Waals surface area contributed by atoms with Crippen molar-refractivity contribution in [1.82, 2.24) is 9.38 Å². The van der Waals surface area contributed by atoms with Gasteiger partial charge in [-0.25, -0.2) is 4.98 Å². The Balaban J connectivity index is 1.59. The number of aliphatic hydroxyl groups is 2. The molecule has 5 N–H and O–H groups in total. The molecule has 15 heteroatoms. The lowest BCUT2D eigenvalue weighted by atomic mass is 9.78. The summed E-state index contributed by atoms with van der Waals surface area (Å²) in [5, 5.41) is 49.1. The van der Waals surface area contributed by atoms with Gasteiger partial charge in [0, 0.05) is 61.4 Å². The Morgan fingerprint density at radius 1 is 1.03 bits per heavy atom. The van der Waals surface area contributed by atoms with E-state index in [1.54, 1.807) is 36.6 Å². The summed E-state index contributed by atoms with van der Waals surface area (Å²) < 4.78 is 25.3. The third-order valence-corrected chi connectivity index (χ3v) is 11.3. The molecule has 2 aliphatic heterocycles. The third kappa shape index (κ3) is 6.96. The Kier molecular flexibility index (Phi) is 11.0. The SMILES string of the molecule is CO[C@H]1C=CO[C@@]2(C)Oc3c(C)c(O)c4c(O)c(c5c(nc6cc(C)ccn65)c4c3C2=O)NC(=O)C(C)=CC=C[C@@](C)(O)C(=O)[C@@H](C)[C@@H](O)[C@@H](C)[C@H](OC(C)=O)[C@@H]1C. The number of aromatic nitrogens is 2. The number of anilines is 1. The summed E-state index contributed by atoms with van der Waals surface area (Å²) in [5.41, 5.74) is -0.357. The number of hydrogen-bond acceptors (Lipinski definition) is 13. The standard InChI is InChI=1S/C43H49N3O12/c1-19-13-16-46-27(18-19)44-31-28-29-35(49)23(5)38-30(28)40(52)43(9,58-38)56-17-14-26(55-10)21(3)37(57-25(7)47)22(4)34(48)24(6)39(51)42(8,54)15-11-12-20(2)41(53)45-32(33(31)46)36(29)50/h11-18,21-22,24,26,34,37,48-50,54H,1-10H3,(H,45,53)/t21-,22-,24+,26+,34+,37-,42-,43+/m1/s1. The second-order valence-corrected chi connectivity index (χ2v) is 15.7. The van der Waals surface area contributed by atoms with E-state index in [2.05, 4.69) is 5.32 Å². The number of benzene rings is 2. The number of esters is 1. The van der Waals surface area contributed by atoms with Crippen molar-refractivity contribution in [3.05, 3.63) is 71.2 Å². The van der Waals surface area contributed by atoms with E-state index in [9.17, 15) is 39.6 Å². The van der Waals surface area contributed by atoms with Crippen LogP contribution in [0.25, 0.3) is 27.5 Å². The second kappa shape index (κ2) is 15.2. The van der Waals surface area contributed by atoms with Crippen LogP contribution in [-0.4, -0.2) is 90.1 Å². The van der Waals surface area contributed by atoms with E-state index >= 15 is 0 Å². The normalized spacial score (nSPS) is 28.6. The molecule has 0 fully saturated rings. The van der Waals surface area contributed by atoms with Crippen LogP contribution in [0, 0.1) is 31.6 Å². The first-order valence-electron chi connectivity index (χ1n) is 18.9. The number of carbonyl (C=O) groups excluding carboxylic acids is 4. The van der Waals surface area contributed by atoms with E-state index in [0.29, 0.717) is 5.65 Å². The number of methoxy groups -OCH3 is 1. The topological polar surface area (TPSA) is 215 Å². The van der Waals surface area contributed by atoms with Gasteiger partial charge in [0.05, 0.1) is 29.4 Å². The molecule has 308 valence electrons. The Morgan fingerprint density at radius 2 is 1.72 bits per heavy atom. The molecule has 6 rings (SSSR count). The predicted molar refractivity (Wildman–Crippen MR) is 214 cm³/mol. The maximum absolute atomic E-state index is 14.6. The van der Waals surface area contributed by atoms with Gasteiger partial charge in [-0.05, 0) is 57.5 Å². The number of nitrogens with zero attached hydrogens (tertiary/aromatic N) is 2. The number of aryl methyl sites for hydroxylation is 1. The highest BCUT2D eigenvalue weighted by molar-refractivity contribution is 6.28. The summed E-state index contributed by atoms with van der Waals surface area (Å²) in [6.45, 7) is 13.5. The lowest BCUT2D eigenvalue weighted by Crippen LogP contribution is -2.48. The van der Waals surface area contributed by atoms with Gasteiger partial charge in [-0.1, -0.05) is 32.9 Å². The number of Topliss-reactive ketones (excluding diaryl/α,β-unsaturated/α-hetero) is 2. The summed E-state index contributed by atoms with van der Waals surface area (Å²) in [5.74, 6) is -8.36. The largest absolute Gasteiger partial charge is 0.507 e. The van der Waals surface area contributed by atoms with Gasteiger partial charge in [-0.3, -0.25) is 23.6 Å². The van der Waals surface area contributed by atoms with Crippen molar-refractivity contribution in [3.8, 4) is 17.2 Å². The van der Waals surface area contributed by atoms with Crippen molar-refractivity contribution in [1.29, 1.82) is 0 Å². The summed E-state index contributed by atoms with van der Waals surface area (Å²) in [7, 11) is 1.41. The zero-order valence-corrected chi connectivity index (χ0v) is 34.0. The number of amides is 1. The van der Waals surface area contributed by atoms with E-state index in [4.69, 9.17) is 23.9 Å². The number of hydrogen-bond donors (Lipinski definition) is 5. The van der Waals surface area contributed by atoms with Crippen LogP contribution in [-0.2, 0) is 28.6 Å². The van der Waals surface area contributed by atoms with E-state index in [1.165, 1.54) is 79.2 Å². The van der Waals surface area contributed by atoms with Crippen LogP contribution in [0.15, 0.2) is 54.5 Å². The fraction of sp³-hybridized carbons (Fsp3) is 0.419. The monoisotopic (exact) mass is 799 g/mol. The minimum atomic E-state index is -2.10. The number of fused-ring (bicyclic) bond motifs is 2. The first-order valence-corrected chi connectivity index (χ1v) is 18.9. The first-order chi connectivity index (χ1) is 27.1. The molecule has 2 aromatic heterocycles. The lowest BCUT2D eigenvalue weighted by molar-refractivity contribution is -0.160. The van der Waals surface area contributed by atoms with Gasteiger partial charge in [0.2, 0.25) is 0 Å². The van der Waals surface area contributed by atoms with Crippen LogP contribution < -0.4 is 10.1 Å². The van der Waals surface area contributed by atoms with E-state index in [-0.39, 0.29) is 49.9 Å². The smallest absolute Gasteiger partial charge is 0.312 e. The summed E-state index contributed by atoms with van der Waals surface area (Å²) in [4.78, 5) is 59.2. The van der Waals surface area contributed by atoms with Crippen LogP contribution in [0.1, 0.15) is 70.0 Å². The van der Waals surface area contributed by atoms with Crippen LogP contribution in [0.3, 0.4) is 0 Å². The number of aliphatic hydroxyl groups excluding tert-OH is 1. The molecule has 0 aliphatic carbocycles. The highest BCUT2D eigenvalue weighted by atomic mass is 16.7. The molecule has 4 bridgehead atoms. The average Bonchev–Trinajstić information content (AvgIpc) is 3.67. The zero-order chi connectivity index (χ0) is 42.8. The second-order valence-electron chi connectivity index (χ2n) is 15.7. The molecule has 2 aromatic carbocycles. The number of aromatic hydroxyl groups is 2. The Bertz CT molecular complexity index is 2480. The predicted octanol–water partition coefficient (Wildman–Crippen LogP) is 5.48. The van der Waals surface area contributed by atoms with Gasteiger partial charge in [0.15, 0.2) is 11.5 Å². The molecule has 8 atom stereocenters. The molecule has 0 spiro atoms. The van der Waals surface area contributed by atoms with Crippen molar-refractivity contribution in [2.45, 2.75) is 92.0 Å². The van der Waals surface area contributed by atoms with Crippen LogP contribution in [0.4, 0.5) is 5.69 Å². The number of nitrogens with one attached hydrogen (secondary N) is 1. The van der Waals surface area contributed by atoms with Crippen molar-refractivity contribution in [2.75, 3.05) is 12.4 Å². The van der Waals surface area contributed by atoms with Gasteiger partial charge in [-0.15, -0.1) is 0 Å². The number of ketones is 2. The van der Waals surface area contributed by atoms with Gasteiger partial charge in [0.25, 0.3) is 11.7 Å². The molecule has 2 aliphatic rings. The summed E-state index contributed by atoms with van der Waals surface area (Å²) in [6, 6.07) is 3.58. The number of imidazole rings is 1. The summed E-state index contributed by atoms with van der Waals surface area (Å²) >= 11 is 0. The maximum atomic E-state index is 14.6. The van der Waals surface area contributed by atoms with Crippen molar-refractivity contribution in [3.63, 3.8) is 0 Å². The van der Waals surface area contributed by atoms with Gasteiger partial charge >= 0.3 is 11.8 Å². The lowest BCUT2D eigenvalue weighted by Gasteiger charge is -2.37. The molecule has 1 amide bonds. The number of ether oxygens (including phenoxy) is 4. The van der Waals surface area contributed by atoms with Gasteiger partial charge < -0.3 is 44.7 Å². The van der Waals surface area contributed by atoms with E-state index in [0.717, 1.165) is 5.56 Å². The molecule has 0 saturated heterocycles. The Morgan fingerprint density at radius 3 is 2.38 bits per heavy atom. The number of rotatable bonds is 2. The van der Waals surface area contributed by atoms with Crippen molar-refractivity contribution >= 4 is 56.6 Å². The van der Waals surface area contributed by atoms with E-state index in [1.807, 2.05) is 6.92 Å². The fourth-order valence-electron chi connectivity index (χ4n) is 7.91. The molecule has 4 aromatic rings. The Hall–Kier alpha value is -5.77. The number of pyridine rings is 1. The molecule has 58 heavy (non-hydrogen) atoms. The van der Waals surface area contributed by atoms with E-state index < -0.39 is 82.4 Å². The van der Waals surface area contributed by atoms with Gasteiger partial charge in [0.1, 0.15) is 45.6 Å². The molecule has 0 radical (unpaired) electrons.